The molecule has 0 saturated carbocycles. The van der Waals surface area contributed by atoms with Crippen LogP contribution in [0.2, 0.25) is 0 Å². The Morgan fingerprint density at radius 1 is 1.50 bits per heavy atom. The molecule has 0 saturated heterocycles. The highest BCUT2D eigenvalue weighted by Gasteiger charge is 2.43. The number of amides is 1. The molecular formula is C8H17NO3. The monoisotopic (exact) mass is 175 g/mol. The number of aliphatic hydroxyl groups is 1. The Morgan fingerprint density at radius 2 is 1.92 bits per heavy atom. The molecular weight excluding hydrogens is 158 g/mol. The fourth-order valence-corrected chi connectivity index (χ4v) is 1.13. The average Bonchev–Trinajstić information content (AvgIpc) is 2.00. The third-order valence-corrected chi connectivity index (χ3v) is 2.25. The quantitative estimate of drug-likeness (QED) is 0.626. The Labute approximate surface area is 72.7 Å². The van der Waals surface area contributed by atoms with E-state index in [1.807, 2.05) is 0 Å². The van der Waals surface area contributed by atoms with Gasteiger partial charge in [-0.3, -0.25) is 4.79 Å². The third kappa shape index (κ3) is 1.76. The zero-order chi connectivity index (χ0) is 9.94. The molecule has 4 nitrogen and oxygen atoms in total. The number of carbonyl (C=O) groups is 1. The second-order valence-electron chi connectivity index (χ2n) is 3.22. The largest absolute Gasteiger partial charge is 0.378 e. The maximum absolute atomic E-state index is 11.0. The molecule has 0 rings (SSSR count). The molecule has 0 unspecified atom stereocenters. The van der Waals surface area contributed by atoms with E-state index in [4.69, 9.17) is 10.5 Å². The molecule has 1 amide bonds. The zero-order valence-electron chi connectivity index (χ0n) is 8.00. The van der Waals surface area contributed by atoms with Gasteiger partial charge in [-0.2, -0.15) is 0 Å². The van der Waals surface area contributed by atoms with Crippen LogP contribution in [0.1, 0.15) is 20.8 Å². The van der Waals surface area contributed by atoms with E-state index in [0.29, 0.717) is 0 Å². The lowest BCUT2D eigenvalue weighted by atomic mass is 9.85. The molecule has 0 fully saturated rings. The summed E-state index contributed by atoms with van der Waals surface area (Å²) in [6, 6.07) is 0. The zero-order valence-corrected chi connectivity index (χ0v) is 8.00. The highest BCUT2D eigenvalue weighted by atomic mass is 16.5. The van der Waals surface area contributed by atoms with Crippen LogP contribution in [0.5, 0.6) is 0 Å². The van der Waals surface area contributed by atoms with Crippen molar-refractivity contribution in [1.29, 1.82) is 0 Å². The highest BCUT2D eigenvalue weighted by molar-refractivity contribution is 5.84. The van der Waals surface area contributed by atoms with Gasteiger partial charge in [-0.05, 0) is 12.8 Å². The number of carbonyl (C=O) groups excluding carboxylic acids is 1. The van der Waals surface area contributed by atoms with Crippen molar-refractivity contribution in [3.8, 4) is 0 Å². The molecule has 3 N–H and O–H groups in total. The summed E-state index contributed by atoms with van der Waals surface area (Å²) < 4.78 is 4.89. The summed E-state index contributed by atoms with van der Waals surface area (Å²) in [5.74, 6) is -1.00. The topological polar surface area (TPSA) is 72.6 Å². The van der Waals surface area contributed by atoms with E-state index < -0.39 is 17.6 Å². The van der Waals surface area contributed by atoms with Crippen molar-refractivity contribution < 1.29 is 14.6 Å². The van der Waals surface area contributed by atoms with Crippen LogP contribution in [0.4, 0.5) is 0 Å². The Hall–Kier alpha value is -0.610. The van der Waals surface area contributed by atoms with Crippen LogP contribution in [-0.4, -0.2) is 29.8 Å². The van der Waals surface area contributed by atoms with Crippen LogP contribution < -0.4 is 5.73 Å². The van der Waals surface area contributed by atoms with Crippen LogP contribution in [-0.2, 0) is 9.53 Å². The van der Waals surface area contributed by atoms with E-state index in [9.17, 15) is 9.90 Å². The molecule has 0 aliphatic carbocycles. The van der Waals surface area contributed by atoms with Crippen molar-refractivity contribution in [2.45, 2.75) is 32.5 Å². The number of hydrogen-bond donors (Lipinski definition) is 2. The number of nitrogens with two attached hydrogens (primary N) is 1. The van der Waals surface area contributed by atoms with Gasteiger partial charge in [0.2, 0.25) is 0 Å². The van der Waals surface area contributed by atoms with Gasteiger partial charge in [0.25, 0.3) is 5.91 Å². The predicted octanol–water partition coefficient (Wildman–Crippen LogP) is -0.106. The Morgan fingerprint density at radius 3 is 2.00 bits per heavy atom. The first kappa shape index (κ1) is 11.4. The first-order chi connectivity index (χ1) is 5.37. The normalized spacial score (nSPS) is 18.8. The Kier molecular flexibility index (Phi) is 3.67. The Balaban J connectivity index is 4.74. The summed E-state index contributed by atoms with van der Waals surface area (Å²) in [5.41, 5.74) is 3.50. The van der Waals surface area contributed by atoms with Gasteiger partial charge < -0.3 is 15.6 Å². The third-order valence-electron chi connectivity index (χ3n) is 2.25. The first-order valence-corrected chi connectivity index (χ1v) is 3.92. The standard InChI is InChI=1S/C8H17NO3/c1-5(2)8(11,7(9)10)6(3)12-4/h5-6,11H,1-4H3,(H2,9,10)/t6-,8-/m1/s1. The molecule has 2 atom stereocenters. The van der Waals surface area contributed by atoms with E-state index in [0.717, 1.165) is 0 Å². The van der Waals surface area contributed by atoms with Crippen LogP contribution in [0.3, 0.4) is 0 Å². The van der Waals surface area contributed by atoms with Crippen molar-refractivity contribution in [2.75, 3.05) is 7.11 Å². The fraction of sp³-hybridized carbons (Fsp3) is 0.875. The van der Waals surface area contributed by atoms with Gasteiger partial charge in [0.05, 0.1) is 6.10 Å². The summed E-state index contributed by atoms with van der Waals surface area (Å²) in [6.07, 6.45) is -0.588. The Bertz CT molecular complexity index is 170. The van der Waals surface area contributed by atoms with Crippen molar-refractivity contribution in [2.24, 2.45) is 11.7 Å². The lowest BCUT2D eigenvalue weighted by Gasteiger charge is -2.33. The minimum absolute atomic E-state index is 0.259. The summed E-state index contributed by atoms with van der Waals surface area (Å²) in [7, 11) is 1.43. The van der Waals surface area contributed by atoms with Gasteiger partial charge in [0, 0.05) is 7.11 Å². The smallest absolute Gasteiger partial charge is 0.252 e. The van der Waals surface area contributed by atoms with Gasteiger partial charge in [-0.15, -0.1) is 0 Å². The number of primary amides is 1. The molecule has 72 valence electrons. The van der Waals surface area contributed by atoms with Gasteiger partial charge in [0.1, 0.15) is 0 Å². The van der Waals surface area contributed by atoms with E-state index in [-0.39, 0.29) is 5.92 Å². The molecule has 0 radical (unpaired) electrons. The number of ether oxygens (including phenoxy) is 1. The minimum atomic E-state index is -1.57. The van der Waals surface area contributed by atoms with Crippen molar-refractivity contribution in [3.05, 3.63) is 0 Å². The van der Waals surface area contributed by atoms with E-state index in [1.54, 1.807) is 20.8 Å². The highest BCUT2D eigenvalue weighted by Crippen LogP contribution is 2.22. The van der Waals surface area contributed by atoms with Gasteiger partial charge >= 0.3 is 0 Å². The van der Waals surface area contributed by atoms with Gasteiger partial charge in [0.15, 0.2) is 5.60 Å². The SMILES string of the molecule is CO[C@H](C)[C@@](O)(C(N)=O)C(C)C. The lowest BCUT2D eigenvalue weighted by Crippen LogP contribution is -2.56. The van der Waals surface area contributed by atoms with E-state index in [2.05, 4.69) is 0 Å². The van der Waals surface area contributed by atoms with Gasteiger partial charge in [-0.25, -0.2) is 0 Å². The van der Waals surface area contributed by atoms with Crippen LogP contribution in [0.15, 0.2) is 0 Å². The van der Waals surface area contributed by atoms with Crippen molar-refractivity contribution in [3.63, 3.8) is 0 Å². The molecule has 0 aliphatic rings. The minimum Gasteiger partial charge on any atom is -0.378 e. The summed E-state index contributed by atoms with van der Waals surface area (Å²) in [4.78, 5) is 11.0. The second-order valence-corrected chi connectivity index (χ2v) is 3.22. The maximum Gasteiger partial charge on any atom is 0.252 e. The average molecular weight is 175 g/mol. The summed E-state index contributed by atoms with van der Waals surface area (Å²) in [6.45, 7) is 5.06. The molecule has 0 aromatic rings. The maximum atomic E-state index is 11.0. The molecule has 0 aliphatic heterocycles. The van der Waals surface area contributed by atoms with Crippen LogP contribution >= 0.6 is 0 Å². The molecule has 12 heavy (non-hydrogen) atoms. The van der Waals surface area contributed by atoms with Gasteiger partial charge in [-0.1, -0.05) is 13.8 Å². The first-order valence-electron chi connectivity index (χ1n) is 3.92. The molecule has 0 aromatic carbocycles. The molecule has 0 heterocycles. The lowest BCUT2D eigenvalue weighted by molar-refractivity contribution is -0.159. The van der Waals surface area contributed by atoms with E-state index in [1.165, 1.54) is 7.11 Å². The molecule has 4 heteroatoms. The second kappa shape index (κ2) is 3.87. The van der Waals surface area contributed by atoms with Crippen molar-refractivity contribution in [1.82, 2.24) is 0 Å². The van der Waals surface area contributed by atoms with Crippen molar-refractivity contribution >= 4 is 5.91 Å². The van der Waals surface area contributed by atoms with Crippen LogP contribution in [0, 0.1) is 5.92 Å². The van der Waals surface area contributed by atoms with E-state index >= 15 is 0 Å². The fourth-order valence-electron chi connectivity index (χ4n) is 1.13. The number of methoxy groups -OCH3 is 1. The molecule has 0 aromatic heterocycles. The summed E-state index contributed by atoms with van der Waals surface area (Å²) >= 11 is 0. The predicted molar refractivity (Wildman–Crippen MR) is 45.5 cm³/mol. The molecule has 0 bridgehead atoms. The van der Waals surface area contributed by atoms with Crippen LogP contribution in [0.25, 0.3) is 0 Å². The summed E-state index contributed by atoms with van der Waals surface area (Å²) in [5, 5.41) is 9.83. The molecule has 0 spiro atoms. The number of rotatable bonds is 4. The number of hydrogen-bond acceptors (Lipinski definition) is 3.